The molecule has 1 atom stereocenters. The van der Waals surface area contributed by atoms with Crippen molar-refractivity contribution in [3.05, 3.63) is 16.4 Å². The van der Waals surface area contributed by atoms with Crippen molar-refractivity contribution in [3.8, 4) is 0 Å². The SMILES string of the molecule is CCc1nn(CC)c(CN2CCCC2CC(=O)O)c1Cl. The number of rotatable bonds is 6. The second-order valence-corrected chi connectivity index (χ2v) is 5.62. The Balaban J connectivity index is 2.16. The van der Waals surface area contributed by atoms with Gasteiger partial charge in [-0.05, 0) is 32.7 Å². The fourth-order valence-corrected chi connectivity index (χ4v) is 3.23. The van der Waals surface area contributed by atoms with Gasteiger partial charge in [0.05, 0.1) is 22.8 Å². The Morgan fingerprint density at radius 3 is 2.85 bits per heavy atom. The number of likely N-dealkylation sites (tertiary alicyclic amines) is 1. The normalized spacial score (nSPS) is 19.6. The zero-order valence-corrected chi connectivity index (χ0v) is 12.9. The average Bonchev–Trinajstić information content (AvgIpc) is 2.96. The first-order chi connectivity index (χ1) is 9.56. The van der Waals surface area contributed by atoms with E-state index in [2.05, 4.69) is 10.00 Å². The summed E-state index contributed by atoms with van der Waals surface area (Å²) >= 11 is 6.41. The lowest BCUT2D eigenvalue weighted by Gasteiger charge is -2.23. The minimum absolute atomic E-state index is 0.119. The topological polar surface area (TPSA) is 58.4 Å². The highest BCUT2D eigenvalue weighted by Crippen LogP contribution is 2.27. The predicted molar refractivity (Wildman–Crippen MR) is 78.0 cm³/mol. The molecule has 1 unspecified atom stereocenters. The molecule has 1 N–H and O–H groups in total. The second-order valence-electron chi connectivity index (χ2n) is 5.24. The summed E-state index contributed by atoms with van der Waals surface area (Å²) in [4.78, 5) is 13.1. The van der Waals surface area contributed by atoms with E-state index in [9.17, 15) is 4.79 Å². The summed E-state index contributed by atoms with van der Waals surface area (Å²) in [6.07, 6.45) is 3.02. The molecule has 1 aromatic rings. The number of halogens is 1. The van der Waals surface area contributed by atoms with Crippen molar-refractivity contribution in [3.63, 3.8) is 0 Å². The molecule has 0 amide bonds. The lowest BCUT2D eigenvalue weighted by Crippen LogP contribution is -2.31. The highest BCUT2D eigenvalue weighted by atomic mass is 35.5. The van der Waals surface area contributed by atoms with Crippen molar-refractivity contribution >= 4 is 17.6 Å². The van der Waals surface area contributed by atoms with Crippen LogP contribution in [-0.2, 0) is 24.3 Å². The van der Waals surface area contributed by atoms with Crippen LogP contribution in [-0.4, -0.2) is 38.3 Å². The smallest absolute Gasteiger partial charge is 0.304 e. The first-order valence-electron chi connectivity index (χ1n) is 7.26. The molecule has 112 valence electrons. The van der Waals surface area contributed by atoms with Gasteiger partial charge in [-0.2, -0.15) is 5.10 Å². The molecular formula is C14H22ClN3O2. The molecule has 2 rings (SSSR count). The number of carbonyl (C=O) groups is 1. The maximum absolute atomic E-state index is 10.9. The van der Waals surface area contributed by atoms with Crippen molar-refractivity contribution in [1.82, 2.24) is 14.7 Å². The van der Waals surface area contributed by atoms with Crippen molar-refractivity contribution in [1.29, 1.82) is 0 Å². The Kier molecular flexibility index (Phi) is 5.05. The number of carboxylic acids is 1. The van der Waals surface area contributed by atoms with E-state index in [1.807, 2.05) is 18.5 Å². The third kappa shape index (κ3) is 3.15. The van der Waals surface area contributed by atoms with Crippen LogP contribution >= 0.6 is 11.6 Å². The van der Waals surface area contributed by atoms with E-state index >= 15 is 0 Å². The largest absolute Gasteiger partial charge is 0.481 e. The molecule has 0 saturated carbocycles. The van der Waals surface area contributed by atoms with Crippen LogP contribution in [0.1, 0.15) is 44.5 Å². The number of aliphatic carboxylic acids is 1. The minimum Gasteiger partial charge on any atom is -0.481 e. The van der Waals surface area contributed by atoms with Crippen LogP contribution in [0.5, 0.6) is 0 Å². The fraction of sp³-hybridized carbons (Fsp3) is 0.714. The van der Waals surface area contributed by atoms with Gasteiger partial charge in [0.1, 0.15) is 0 Å². The monoisotopic (exact) mass is 299 g/mol. The number of hydrogen-bond donors (Lipinski definition) is 1. The third-order valence-electron chi connectivity index (χ3n) is 3.96. The molecule has 0 bridgehead atoms. The van der Waals surface area contributed by atoms with E-state index in [1.165, 1.54) is 0 Å². The Bertz CT molecular complexity index is 487. The van der Waals surface area contributed by atoms with Gasteiger partial charge in [-0.15, -0.1) is 0 Å². The number of aromatic nitrogens is 2. The Labute approximate surface area is 124 Å². The van der Waals surface area contributed by atoms with Crippen LogP contribution in [0.4, 0.5) is 0 Å². The van der Waals surface area contributed by atoms with Crippen molar-refractivity contribution in [2.24, 2.45) is 0 Å². The van der Waals surface area contributed by atoms with E-state index in [1.54, 1.807) is 0 Å². The van der Waals surface area contributed by atoms with Gasteiger partial charge in [-0.1, -0.05) is 18.5 Å². The van der Waals surface area contributed by atoms with Crippen molar-refractivity contribution < 1.29 is 9.90 Å². The molecule has 2 heterocycles. The third-order valence-corrected chi connectivity index (χ3v) is 4.39. The molecule has 1 aliphatic rings. The number of hydrogen-bond acceptors (Lipinski definition) is 3. The molecule has 1 fully saturated rings. The summed E-state index contributed by atoms with van der Waals surface area (Å²) in [5.41, 5.74) is 1.95. The maximum Gasteiger partial charge on any atom is 0.304 e. The second kappa shape index (κ2) is 6.59. The summed E-state index contributed by atoms with van der Waals surface area (Å²) in [6.45, 7) is 6.50. The summed E-state index contributed by atoms with van der Waals surface area (Å²) in [5.74, 6) is -0.730. The van der Waals surface area contributed by atoms with Gasteiger partial charge in [-0.3, -0.25) is 14.4 Å². The molecule has 5 nitrogen and oxygen atoms in total. The number of carboxylic acid groups (broad SMARTS) is 1. The molecule has 6 heteroatoms. The van der Waals surface area contributed by atoms with Gasteiger partial charge >= 0.3 is 5.97 Å². The van der Waals surface area contributed by atoms with Gasteiger partial charge in [0, 0.05) is 19.1 Å². The molecule has 1 aliphatic heterocycles. The maximum atomic E-state index is 10.9. The highest BCUT2D eigenvalue weighted by molar-refractivity contribution is 6.31. The fourth-order valence-electron chi connectivity index (χ4n) is 2.90. The van der Waals surface area contributed by atoms with Crippen LogP contribution in [0.25, 0.3) is 0 Å². The molecular weight excluding hydrogens is 278 g/mol. The molecule has 20 heavy (non-hydrogen) atoms. The van der Waals surface area contributed by atoms with Crippen LogP contribution < -0.4 is 0 Å². The zero-order valence-electron chi connectivity index (χ0n) is 12.1. The Morgan fingerprint density at radius 1 is 1.50 bits per heavy atom. The summed E-state index contributed by atoms with van der Waals surface area (Å²) < 4.78 is 1.94. The van der Waals surface area contributed by atoms with Gasteiger partial charge in [-0.25, -0.2) is 0 Å². The molecule has 0 aromatic carbocycles. The van der Waals surface area contributed by atoms with Gasteiger partial charge in [0.2, 0.25) is 0 Å². The number of nitrogens with zero attached hydrogens (tertiary/aromatic N) is 3. The summed E-state index contributed by atoms with van der Waals surface area (Å²) in [5, 5.41) is 14.2. The lowest BCUT2D eigenvalue weighted by atomic mass is 10.1. The zero-order chi connectivity index (χ0) is 14.7. The highest BCUT2D eigenvalue weighted by Gasteiger charge is 2.28. The van der Waals surface area contributed by atoms with E-state index < -0.39 is 5.97 Å². The van der Waals surface area contributed by atoms with Crippen molar-refractivity contribution in [2.75, 3.05) is 6.54 Å². The van der Waals surface area contributed by atoms with Crippen LogP contribution in [0.2, 0.25) is 5.02 Å². The standard InChI is InChI=1S/C14H22ClN3O2/c1-3-11-14(15)12(18(4-2)16-11)9-17-7-5-6-10(17)8-13(19)20/h10H,3-9H2,1-2H3,(H,19,20). The average molecular weight is 300 g/mol. The van der Waals surface area contributed by atoms with Crippen molar-refractivity contribution in [2.45, 2.75) is 58.7 Å². The van der Waals surface area contributed by atoms with Gasteiger partial charge < -0.3 is 5.11 Å². The first-order valence-corrected chi connectivity index (χ1v) is 7.64. The first kappa shape index (κ1) is 15.3. The minimum atomic E-state index is -0.730. The van der Waals surface area contributed by atoms with E-state index in [4.69, 9.17) is 16.7 Å². The Hall–Kier alpha value is -1.07. The van der Waals surface area contributed by atoms with E-state index in [0.717, 1.165) is 48.8 Å². The van der Waals surface area contributed by atoms with Crippen LogP contribution in [0.15, 0.2) is 0 Å². The molecule has 0 aliphatic carbocycles. The molecule has 1 saturated heterocycles. The summed E-state index contributed by atoms with van der Waals surface area (Å²) in [6, 6.07) is 0.119. The lowest BCUT2D eigenvalue weighted by molar-refractivity contribution is -0.138. The predicted octanol–water partition coefficient (Wildman–Crippen LogP) is 2.56. The van der Waals surface area contributed by atoms with Gasteiger partial charge in [0.15, 0.2) is 0 Å². The van der Waals surface area contributed by atoms with Gasteiger partial charge in [0.25, 0.3) is 0 Å². The quantitative estimate of drug-likeness (QED) is 0.877. The summed E-state index contributed by atoms with van der Waals surface area (Å²) in [7, 11) is 0. The van der Waals surface area contributed by atoms with E-state index in [-0.39, 0.29) is 12.5 Å². The molecule has 1 aromatic heterocycles. The number of aryl methyl sites for hydroxylation is 2. The van der Waals surface area contributed by atoms with Crippen LogP contribution in [0, 0.1) is 0 Å². The van der Waals surface area contributed by atoms with Crippen LogP contribution in [0.3, 0.4) is 0 Å². The molecule has 0 spiro atoms. The Morgan fingerprint density at radius 2 is 2.25 bits per heavy atom. The molecule has 0 radical (unpaired) electrons. The van der Waals surface area contributed by atoms with E-state index in [0.29, 0.717) is 6.54 Å².